The second-order valence-electron chi connectivity index (χ2n) is 5.90. The van der Waals surface area contributed by atoms with Crippen molar-refractivity contribution in [2.45, 2.75) is 31.8 Å². The molecule has 2 amide bonds. The van der Waals surface area contributed by atoms with Gasteiger partial charge >= 0.3 is 0 Å². The predicted molar refractivity (Wildman–Crippen MR) is 78.6 cm³/mol. The second kappa shape index (κ2) is 6.18. The van der Waals surface area contributed by atoms with Gasteiger partial charge in [0.25, 0.3) is 0 Å². The van der Waals surface area contributed by atoms with Crippen molar-refractivity contribution in [3.05, 3.63) is 35.4 Å². The van der Waals surface area contributed by atoms with Crippen molar-refractivity contribution in [2.24, 2.45) is 5.92 Å². The molecule has 0 aromatic heterocycles. The van der Waals surface area contributed by atoms with Crippen molar-refractivity contribution in [2.75, 3.05) is 7.05 Å². The molecule has 112 valence electrons. The lowest BCUT2D eigenvalue weighted by Crippen LogP contribution is -2.56. The van der Waals surface area contributed by atoms with Gasteiger partial charge in [0.05, 0.1) is 0 Å². The normalized spacial score (nSPS) is 24.2. The minimum absolute atomic E-state index is 0.0825. The van der Waals surface area contributed by atoms with Gasteiger partial charge in [-0.15, -0.1) is 0 Å². The molecule has 21 heavy (non-hydrogen) atoms. The van der Waals surface area contributed by atoms with E-state index in [0.29, 0.717) is 31.4 Å². The minimum atomic E-state index is -0.204. The van der Waals surface area contributed by atoms with Crippen LogP contribution in [0.4, 0.5) is 0 Å². The lowest BCUT2D eigenvalue weighted by molar-refractivity contribution is -0.135. The van der Waals surface area contributed by atoms with Crippen LogP contribution < -0.4 is 5.32 Å². The number of carbonyl (C=O) groups is 3. The Kier molecular flexibility index (Phi) is 4.53. The summed E-state index contributed by atoms with van der Waals surface area (Å²) < 4.78 is 0. The summed E-state index contributed by atoms with van der Waals surface area (Å²) in [5.41, 5.74) is 1.60. The number of hydrogen-bond acceptors (Lipinski definition) is 4. The van der Waals surface area contributed by atoms with Gasteiger partial charge in [-0.2, -0.15) is 0 Å². The predicted octanol–water partition coefficient (Wildman–Crippen LogP) is 1.37. The first kappa shape index (κ1) is 15.4. The fourth-order valence-corrected chi connectivity index (χ4v) is 2.91. The summed E-state index contributed by atoms with van der Waals surface area (Å²) in [6, 6.07) is 7.51. The Labute approximate surface area is 124 Å². The van der Waals surface area contributed by atoms with E-state index in [4.69, 9.17) is 0 Å². The van der Waals surface area contributed by atoms with Crippen molar-refractivity contribution < 1.29 is 14.4 Å². The van der Waals surface area contributed by atoms with E-state index in [1.807, 2.05) is 25.2 Å². The van der Waals surface area contributed by atoms with Crippen molar-refractivity contribution in [3.63, 3.8) is 0 Å². The molecule has 0 aliphatic heterocycles. The molecule has 1 aromatic rings. The topological polar surface area (TPSA) is 66.5 Å². The van der Waals surface area contributed by atoms with Crippen LogP contribution in [-0.2, 0) is 16.1 Å². The van der Waals surface area contributed by atoms with E-state index in [-0.39, 0.29) is 17.4 Å². The van der Waals surface area contributed by atoms with E-state index in [1.165, 1.54) is 0 Å². The largest absolute Gasteiger partial charge is 0.299 e. The smallest absolute Gasteiger partial charge is 0.229 e. The summed E-state index contributed by atoms with van der Waals surface area (Å²) in [5.74, 6) is -0.312. The zero-order chi connectivity index (χ0) is 15.5. The van der Waals surface area contributed by atoms with Gasteiger partial charge in [-0.3, -0.25) is 24.6 Å². The molecule has 1 N–H and O–H groups in total. The molecule has 1 aromatic carbocycles. The Balaban J connectivity index is 1.98. The average Bonchev–Trinajstić information content (AvgIpc) is 2.44. The van der Waals surface area contributed by atoms with E-state index >= 15 is 0 Å². The van der Waals surface area contributed by atoms with Gasteiger partial charge in [0, 0.05) is 23.6 Å². The lowest BCUT2D eigenvalue weighted by atomic mass is 9.68. The number of aldehydes is 1. The first-order chi connectivity index (χ1) is 10.00. The van der Waals surface area contributed by atoms with Crippen LogP contribution in [0.1, 0.15) is 35.7 Å². The molecule has 0 spiro atoms. The summed E-state index contributed by atoms with van der Waals surface area (Å²) >= 11 is 0. The molecule has 5 nitrogen and oxygen atoms in total. The third-order valence-corrected chi connectivity index (χ3v) is 4.46. The molecule has 1 aliphatic rings. The quantitative estimate of drug-likeness (QED) is 0.803. The Morgan fingerprint density at radius 3 is 2.67 bits per heavy atom. The van der Waals surface area contributed by atoms with Crippen LogP contribution in [0, 0.1) is 5.92 Å². The summed E-state index contributed by atoms with van der Waals surface area (Å²) in [6.45, 7) is 2.76. The fourth-order valence-electron chi connectivity index (χ4n) is 2.91. The van der Waals surface area contributed by atoms with Crippen LogP contribution in [0.5, 0.6) is 0 Å². The molecule has 0 radical (unpaired) electrons. The van der Waals surface area contributed by atoms with Crippen LogP contribution in [0.3, 0.4) is 0 Å². The second-order valence-corrected chi connectivity index (χ2v) is 5.90. The lowest BCUT2D eigenvalue weighted by Gasteiger charge is -2.50. The Morgan fingerprint density at radius 2 is 2.05 bits per heavy atom. The molecule has 0 saturated heterocycles. The Morgan fingerprint density at radius 1 is 1.38 bits per heavy atom. The highest BCUT2D eigenvalue weighted by Crippen LogP contribution is 2.42. The number of benzene rings is 1. The monoisotopic (exact) mass is 288 g/mol. The number of nitrogens with one attached hydrogen (secondary N) is 1. The highest BCUT2D eigenvalue weighted by molar-refractivity contribution is 5.88. The molecule has 5 heteroatoms. The molecular weight excluding hydrogens is 268 g/mol. The highest BCUT2D eigenvalue weighted by atomic mass is 16.2. The number of nitrogens with zero attached hydrogens (tertiary/aromatic N) is 1. The van der Waals surface area contributed by atoms with E-state index in [0.717, 1.165) is 11.8 Å². The zero-order valence-electron chi connectivity index (χ0n) is 12.3. The maximum Gasteiger partial charge on any atom is 0.229 e. The van der Waals surface area contributed by atoms with E-state index in [2.05, 4.69) is 17.1 Å². The molecule has 0 heterocycles. The van der Waals surface area contributed by atoms with Gasteiger partial charge in [0.1, 0.15) is 6.29 Å². The Bertz CT molecular complexity index is 550. The van der Waals surface area contributed by atoms with Crippen LogP contribution >= 0.6 is 0 Å². The third-order valence-electron chi connectivity index (χ3n) is 4.46. The standard InChI is InChI=1S/C16H20N2O3/c1-16(7-14(8-16)15(21)17-11-20)18(2)9-12-5-3-4-6-13(12)10-19/h3-6,10-11,14H,7-9H2,1-2H3,(H,17,20,21). The number of rotatable bonds is 6. The van der Waals surface area contributed by atoms with Gasteiger partial charge in [-0.1, -0.05) is 24.3 Å². The van der Waals surface area contributed by atoms with Crippen molar-refractivity contribution in [1.29, 1.82) is 0 Å². The molecular formula is C16H20N2O3. The third kappa shape index (κ3) is 3.19. The summed E-state index contributed by atoms with van der Waals surface area (Å²) in [7, 11) is 2.00. The van der Waals surface area contributed by atoms with E-state index < -0.39 is 0 Å². The van der Waals surface area contributed by atoms with Gasteiger partial charge in [-0.25, -0.2) is 0 Å². The maximum absolute atomic E-state index is 11.6. The molecule has 1 aliphatic carbocycles. The summed E-state index contributed by atoms with van der Waals surface area (Å²) in [6.07, 6.45) is 2.73. The van der Waals surface area contributed by atoms with Gasteiger partial charge in [0.2, 0.25) is 12.3 Å². The van der Waals surface area contributed by atoms with Gasteiger partial charge in [0.15, 0.2) is 0 Å². The molecule has 2 rings (SSSR count). The molecule has 0 unspecified atom stereocenters. The number of imide groups is 1. The van der Waals surface area contributed by atoms with Crippen molar-refractivity contribution >= 4 is 18.6 Å². The average molecular weight is 288 g/mol. The van der Waals surface area contributed by atoms with Crippen LogP contribution in [0.15, 0.2) is 24.3 Å². The van der Waals surface area contributed by atoms with E-state index in [1.54, 1.807) is 6.07 Å². The SMILES string of the molecule is CN(Cc1ccccc1C=O)C1(C)CC(C(=O)NC=O)C1. The molecule has 0 bridgehead atoms. The maximum atomic E-state index is 11.6. The number of hydrogen-bond donors (Lipinski definition) is 1. The van der Waals surface area contributed by atoms with Crippen molar-refractivity contribution in [3.8, 4) is 0 Å². The van der Waals surface area contributed by atoms with E-state index in [9.17, 15) is 14.4 Å². The summed E-state index contributed by atoms with van der Waals surface area (Å²) in [5, 5.41) is 2.21. The summed E-state index contributed by atoms with van der Waals surface area (Å²) in [4.78, 5) is 35.1. The highest BCUT2D eigenvalue weighted by Gasteiger charge is 2.46. The minimum Gasteiger partial charge on any atom is -0.299 e. The Hall–Kier alpha value is -2.01. The first-order valence-electron chi connectivity index (χ1n) is 6.98. The van der Waals surface area contributed by atoms with Crippen LogP contribution in [-0.4, -0.2) is 36.1 Å². The fraction of sp³-hybridized carbons (Fsp3) is 0.438. The van der Waals surface area contributed by atoms with Gasteiger partial charge < -0.3 is 0 Å². The first-order valence-corrected chi connectivity index (χ1v) is 6.98. The molecule has 1 saturated carbocycles. The molecule has 1 fully saturated rings. The number of carbonyl (C=O) groups excluding carboxylic acids is 3. The zero-order valence-corrected chi connectivity index (χ0v) is 12.3. The van der Waals surface area contributed by atoms with Crippen LogP contribution in [0.2, 0.25) is 0 Å². The number of amides is 2. The van der Waals surface area contributed by atoms with Gasteiger partial charge in [-0.05, 0) is 32.4 Å². The molecule has 0 atom stereocenters. The van der Waals surface area contributed by atoms with Crippen LogP contribution in [0.25, 0.3) is 0 Å². The van der Waals surface area contributed by atoms with Crippen molar-refractivity contribution in [1.82, 2.24) is 10.2 Å².